The zero-order valence-corrected chi connectivity index (χ0v) is 11.9. The molecule has 5 heteroatoms. The molecule has 0 aliphatic carbocycles. The van der Waals surface area contributed by atoms with E-state index in [0.717, 1.165) is 22.2 Å². The topological polar surface area (TPSA) is 71.8 Å². The average Bonchev–Trinajstić information content (AvgIpc) is 2.60. The number of benzene rings is 2. The van der Waals surface area contributed by atoms with Crippen LogP contribution in [-0.4, -0.2) is 25.0 Å². The molecule has 4 rings (SSSR count). The van der Waals surface area contributed by atoms with Crippen molar-refractivity contribution >= 4 is 21.8 Å². The molecule has 0 fully saturated rings. The molecule has 0 radical (unpaired) electrons. The Morgan fingerprint density at radius 3 is 2.65 bits per heavy atom. The number of aromatic hydroxyl groups is 1. The van der Waals surface area contributed by atoms with Crippen molar-refractivity contribution in [2.24, 2.45) is 0 Å². The van der Waals surface area contributed by atoms with Crippen LogP contribution in [0.25, 0.3) is 33.1 Å². The van der Waals surface area contributed by atoms with Gasteiger partial charge in [-0.2, -0.15) is 0 Å². The van der Waals surface area contributed by atoms with E-state index in [1.807, 2.05) is 36.4 Å². The van der Waals surface area contributed by atoms with Crippen molar-refractivity contribution in [3.8, 4) is 29.5 Å². The molecule has 108 valence electrons. The SMILES string of the molecule is C#Cc1nc(-c2ccc3c(O)ncnc3c2)c2ccccc2n1. The van der Waals surface area contributed by atoms with Crippen molar-refractivity contribution in [2.75, 3.05) is 0 Å². The van der Waals surface area contributed by atoms with Gasteiger partial charge in [-0.15, -0.1) is 6.42 Å². The van der Waals surface area contributed by atoms with E-state index >= 15 is 0 Å². The van der Waals surface area contributed by atoms with Crippen LogP contribution in [0.15, 0.2) is 48.8 Å². The average molecular weight is 298 g/mol. The maximum Gasteiger partial charge on any atom is 0.221 e. The van der Waals surface area contributed by atoms with E-state index in [1.54, 1.807) is 6.07 Å². The van der Waals surface area contributed by atoms with Gasteiger partial charge < -0.3 is 5.11 Å². The lowest BCUT2D eigenvalue weighted by molar-refractivity contribution is 0.459. The summed E-state index contributed by atoms with van der Waals surface area (Å²) in [5, 5.41) is 11.3. The number of nitrogens with zero attached hydrogens (tertiary/aromatic N) is 4. The second-order valence-electron chi connectivity index (χ2n) is 4.99. The lowest BCUT2D eigenvalue weighted by Gasteiger charge is -2.07. The minimum Gasteiger partial charge on any atom is -0.493 e. The van der Waals surface area contributed by atoms with E-state index in [0.29, 0.717) is 16.7 Å². The third-order valence-electron chi connectivity index (χ3n) is 3.62. The Labute approximate surface area is 131 Å². The molecule has 1 N–H and O–H groups in total. The number of aromatic nitrogens is 4. The third kappa shape index (κ3) is 2.14. The summed E-state index contributed by atoms with van der Waals surface area (Å²) in [6.07, 6.45) is 6.80. The predicted octanol–water partition coefficient (Wildman–Crippen LogP) is 2.93. The van der Waals surface area contributed by atoms with Gasteiger partial charge in [0.1, 0.15) is 6.33 Å². The van der Waals surface area contributed by atoms with Gasteiger partial charge in [-0.3, -0.25) is 0 Å². The Balaban J connectivity index is 2.04. The van der Waals surface area contributed by atoms with Gasteiger partial charge in [-0.25, -0.2) is 19.9 Å². The molecule has 2 aromatic carbocycles. The molecule has 2 heterocycles. The van der Waals surface area contributed by atoms with Crippen LogP contribution in [-0.2, 0) is 0 Å². The van der Waals surface area contributed by atoms with Crippen molar-refractivity contribution in [1.82, 2.24) is 19.9 Å². The normalized spacial score (nSPS) is 10.7. The largest absolute Gasteiger partial charge is 0.493 e. The van der Waals surface area contributed by atoms with E-state index in [4.69, 9.17) is 6.42 Å². The predicted molar refractivity (Wildman–Crippen MR) is 87.7 cm³/mol. The Hall–Kier alpha value is -3.52. The number of hydrogen-bond donors (Lipinski definition) is 1. The Bertz CT molecular complexity index is 1100. The molecular formula is C18H10N4O. The molecule has 0 spiro atoms. The maximum absolute atomic E-state index is 9.78. The minimum absolute atomic E-state index is 0.0431. The van der Waals surface area contributed by atoms with E-state index in [2.05, 4.69) is 25.9 Å². The monoisotopic (exact) mass is 298 g/mol. The molecule has 2 aromatic heterocycles. The molecule has 5 nitrogen and oxygen atoms in total. The molecule has 23 heavy (non-hydrogen) atoms. The number of fused-ring (bicyclic) bond motifs is 2. The summed E-state index contributed by atoms with van der Waals surface area (Å²) in [5.74, 6) is 2.78. The number of terminal acetylenes is 1. The highest BCUT2D eigenvalue weighted by atomic mass is 16.3. The van der Waals surface area contributed by atoms with Crippen LogP contribution < -0.4 is 0 Å². The fourth-order valence-electron chi connectivity index (χ4n) is 2.55. The van der Waals surface area contributed by atoms with E-state index in [1.165, 1.54) is 6.33 Å². The summed E-state index contributed by atoms with van der Waals surface area (Å²) in [5.41, 5.74) is 3.02. The van der Waals surface area contributed by atoms with Gasteiger partial charge in [-0.1, -0.05) is 24.3 Å². The molecule has 0 saturated carbocycles. The lowest BCUT2D eigenvalue weighted by Crippen LogP contribution is -1.95. The second kappa shape index (κ2) is 5.04. The van der Waals surface area contributed by atoms with Crippen LogP contribution in [0.3, 0.4) is 0 Å². The van der Waals surface area contributed by atoms with Gasteiger partial charge in [0.15, 0.2) is 0 Å². The van der Waals surface area contributed by atoms with Crippen molar-refractivity contribution < 1.29 is 5.11 Å². The van der Waals surface area contributed by atoms with Gasteiger partial charge in [0, 0.05) is 10.9 Å². The first kappa shape index (κ1) is 13.2. The number of rotatable bonds is 1. The van der Waals surface area contributed by atoms with Crippen molar-refractivity contribution in [3.05, 3.63) is 54.6 Å². The first-order valence-corrected chi connectivity index (χ1v) is 6.94. The van der Waals surface area contributed by atoms with Gasteiger partial charge in [0.2, 0.25) is 11.7 Å². The molecule has 4 aromatic rings. The van der Waals surface area contributed by atoms with E-state index < -0.39 is 0 Å². The maximum atomic E-state index is 9.78. The Morgan fingerprint density at radius 1 is 0.913 bits per heavy atom. The van der Waals surface area contributed by atoms with E-state index in [9.17, 15) is 5.11 Å². The first-order valence-electron chi connectivity index (χ1n) is 6.94. The Kier molecular flexibility index (Phi) is 2.88. The molecule has 0 aliphatic heterocycles. The van der Waals surface area contributed by atoms with Crippen LogP contribution in [0, 0.1) is 12.3 Å². The molecule has 0 amide bonds. The summed E-state index contributed by atoms with van der Waals surface area (Å²) in [6.45, 7) is 0. The standard InChI is InChI=1S/C18H10N4O/c1-2-16-21-14-6-4-3-5-12(14)17(22-16)11-7-8-13-15(9-11)19-10-20-18(13)23/h1,3-10H,(H,19,20,23). The fraction of sp³-hybridized carbons (Fsp3) is 0. The van der Waals surface area contributed by atoms with Crippen LogP contribution in [0.4, 0.5) is 0 Å². The quantitative estimate of drug-likeness (QED) is 0.547. The summed E-state index contributed by atoms with van der Waals surface area (Å²) >= 11 is 0. The zero-order valence-electron chi connectivity index (χ0n) is 11.9. The first-order chi connectivity index (χ1) is 11.3. The molecule has 0 aliphatic rings. The summed E-state index contributed by atoms with van der Waals surface area (Å²) in [4.78, 5) is 16.8. The summed E-state index contributed by atoms with van der Waals surface area (Å²) < 4.78 is 0. The summed E-state index contributed by atoms with van der Waals surface area (Å²) in [6, 6.07) is 13.2. The van der Waals surface area contributed by atoms with Crippen LogP contribution in [0.1, 0.15) is 5.82 Å². The molecule has 0 unspecified atom stereocenters. The highest BCUT2D eigenvalue weighted by Crippen LogP contribution is 2.29. The zero-order chi connectivity index (χ0) is 15.8. The van der Waals surface area contributed by atoms with Crippen LogP contribution in [0.5, 0.6) is 5.88 Å². The van der Waals surface area contributed by atoms with Crippen molar-refractivity contribution in [3.63, 3.8) is 0 Å². The van der Waals surface area contributed by atoms with E-state index in [-0.39, 0.29) is 5.88 Å². The third-order valence-corrected chi connectivity index (χ3v) is 3.62. The van der Waals surface area contributed by atoms with Gasteiger partial charge in [0.05, 0.1) is 22.1 Å². The molecule has 0 bridgehead atoms. The smallest absolute Gasteiger partial charge is 0.221 e. The second-order valence-corrected chi connectivity index (χ2v) is 4.99. The summed E-state index contributed by atoms with van der Waals surface area (Å²) in [7, 11) is 0. The molecular weight excluding hydrogens is 288 g/mol. The van der Waals surface area contributed by atoms with Gasteiger partial charge in [0.25, 0.3) is 0 Å². The van der Waals surface area contributed by atoms with Gasteiger partial charge >= 0.3 is 0 Å². The Morgan fingerprint density at radius 2 is 1.78 bits per heavy atom. The minimum atomic E-state index is -0.0431. The molecule has 0 atom stereocenters. The van der Waals surface area contributed by atoms with Crippen molar-refractivity contribution in [1.29, 1.82) is 0 Å². The highest BCUT2D eigenvalue weighted by Gasteiger charge is 2.11. The number of hydrogen-bond acceptors (Lipinski definition) is 5. The van der Waals surface area contributed by atoms with Crippen molar-refractivity contribution in [2.45, 2.75) is 0 Å². The fourth-order valence-corrected chi connectivity index (χ4v) is 2.55. The lowest BCUT2D eigenvalue weighted by atomic mass is 10.0. The van der Waals surface area contributed by atoms with Crippen LogP contribution in [0.2, 0.25) is 0 Å². The van der Waals surface area contributed by atoms with Gasteiger partial charge in [-0.05, 0) is 24.1 Å². The number of para-hydroxylation sites is 1. The highest BCUT2D eigenvalue weighted by molar-refractivity contribution is 5.95. The molecule has 0 saturated heterocycles. The van der Waals surface area contributed by atoms with Crippen LogP contribution >= 0.6 is 0 Å².